The number of likely N-dealkylation sites (tertiary alicyclic amines) is 1. The molecule has 0 unspecified atom stereocenters. The van der Waals surface area contributed by atoms with Gasteiger partial charge in [0.25, 0.3) is 0 Å². The van der Waals surface area contributed by atoms with Crippen LogP contribution in [0.5, 0.6) is 0 Å². The van der Waals surface area contributed by atoms with Crippen molar-refractivity contribution in [2.75, 3.05) is 18.8 Å². The van der Waals surface area contributed by atoms with Gasteiger partial charge in [-0.25, -0.2) is 8.42 Å². The first kappa shape index (κ1) is 15.5. The molecule has 1 aliphatic rings. The maximum absolute atomic E-state index is 12.3. The van der Waals surface area contributed by atoms with Gasteiger partial charge in [0.2, 0.25) is 0 Å². The van der Waals surface area contributed by atoms with E-state index in [1.165, 1.54) is 0 Å². The van der Waals surface area contributed by atoms with Gasteiger partial charge in [0.15, 0.2) is 9.84 Å². The zero-order chi connectivity index (χ0) is 14.8. The van der Waals surface area contributed by atoms with Crippen LogP contribution in [0.1, 0.15) is 32.3 Å². The molecule has 1 aromatic rings. The molecular weight excluding hydrogens is 272 g/mol. The fourth-order valence-electron chi connectivity index (χ4n) is 2.76. The van der Waals surface area contributed by atoms with E-state index < -0.39 is 9.84 Å². The molecule has 20 heavy (non-hydrogen) atoms. The molecule has 1 fully saturated rings. The number of hydrogen-bond acceptors (Lipinski definition) is 4. The van der Waals surface area contributed by atoms with Gasteiger partial charge in [0.1, 0.15) is 0 Å². The molecule has 5 heteroatoms. The Hall–Kier alpha value is -0.910. The highest BCUT2D eigenvalue weighted by molar-refractivity contribution is 7.91. The minimum atomic E-state index is -3.21. The molecule has 112 valence electrons. The molecule has 1 aliphatic heterocycles. The van der Waals surface area contributed by atoms with Crippen LogP contribution < -0.4 is 5.73 Å². The highest BCUT2D eigenvalue weighted by Gasteiger charge is 2.32. The summed E-state index contributed by atoms with van der Waals surface area (Å²) in [5, 5.41) is 0. The molecule has 0 bridgehead atoms. The van der Waals surface area contributed by atoms with Crippen LogP contribution in [0.2, 0.25) is 0 Å². The predicted octanol–water partition coefficient (Wildman–Crippen LogP) is 1.79. The minimum absolute atomic E-state index is 0.124. The van der Waals surface area contributed by atoms with Gasteiger partial charge in [0.05, 0.1) is 10.6 Å². The number of hydrogen-bond donors (Lipinski definition) is 1. The van der Waals surface area contributed by atoms with E-state index >= 15 is 0 Å². The molecule has 0 saturated carbocycles. The first-order valence-electron chi connectivity index (χ1n) is 7.12. The molecule has 0 aromatic heterocycles. The van der Waals surface area contributed by atoms with E-state index in [2.05, 4.69) is 18.7 Å². The molecule has 1 saturated heterocycles. The average Bonchev–Trinajstić information content (AvgIpc) is 2.75. The lowest BCUT2D eigenvalue weighted by molar-refractivity contribution is 0.186. The Bertz CT molecular complexity index is 550. The summed E-state index contributed by atoms with van der Waals surface area (Å²) >= 11 is 0. The van der Waals surface area contributed by atoms with Gasteiger partial charge < -0.3 is 5.73 Å². The third-order valence-corrected chi connectivity index (χ3v) is 5.93. The first-order chi connectivity index (χ1) is 9.35. The van der Waals surface area contributed by atoms with Crippen molar-refractivity contribution in [2.24, 2.45) is 5.73 Å². The van der Waals surface area contributed by atoms with Crippen LogP contribution in [0, 0.1) is 0 Å². The summed E-state index contributed by atoms with van der Waals surface area (Å²) in [6.07, 6.45) is 2.29. The number of sulfone groups is 1. The van der Waals surface area contributed by atoms with Crippen LogP contribution in [0.3, 0.4) is 0 Å². The van der Waals surface area contributed by atoms with Gasteiger partial charge in [-0.1, -0.05) is 12.1 Å². The number of benzene rings is 1. The van der Waals surface area contributed by atoms with Crippen molar-refractivity contribution < 1.29 is 8.42 Å². The lowest BCUT2D eigenvalue weighted by Gasteiger charge is -2.31. The number of rotatable bonds is 5. The summed E-state index contributed by atoms with van der Waals surface area (Å²) in [4.78, 5) is 2.67. The van der Waals surface area contributed by atoms with Gasteiger partial charge in [-0.05, 0) is 50.9 Å². The normalized spacial score (nSPS) is 19.4. The molecule has 4 nitrogen and oxygen atoms in total. The van der Waals surface area contributed by atoms with Crippen LogP contribution >= 0.6 is 0 Å². The molecule has 1 aromatic carbocycles. The molecule has 0 radical (unpaired) electrons. The lowest BCUT2D eigenvalue weighted by Crippen LogP contribution is -2.40. The van der Waals surface area contributed by atoms with Crippen molar-refractivity contribution in [1.82, 2.24) is 4.90 Å². The molecule has 0 atom stereocenters. The maximum atomic E-state index is 12.3. The number of nitrogens with zero attached hydrogens (tertiary/aromatic N) is 1. The Kier molecular flexibility index (Phi) is 4.52. The van der Waals surface area contributed by atoms with Crippen molar-refractivity contribution in [3.05, 3.63) is 29.8 Å². The van der Waals surface area contributed by atoms with E-state index in [1.54, 1.807) is 24.3 Å². The van der Waals surface area contributed by atoms with Gasteiger partial charge >= 0.3 is 0 Å². The Morgan fingerprint density at radius 2 is 1.90 bits per heavy atom. The standard InChI is InChI=1S/C15H24N2O2S/c1-15(2)8-3-9-17(15)10-11-20(18,19)14-6-4-13(12-16)5-7-14/h4-7H,3,8-12,16H2,1-2H3. The van der Waals surface area contributed by atoms with E-state index in [9.17, 15) is 8.42 Å². The van der Waals surface area contributed by atoms with Crippen LogP contribution in [0.15, 0.2) is 29.2 Å². The fourth-order valence-corrected chi connectivity index (χ4v) is 4.01. The van der Waals surface area contributed by atoms with Crippen molar-refractivity contribution in [1.29, 1.82) is 0 Å². The molecule has 0 aliphatic carbocycles. The summed E-state index contributed by atoms with van der Waals surface area (Å²) in [5.74, 6) is 0.179. The quantitative estimate of drug-likeness (QED) is 0.900. The summed E-state index contributed by atoms with van der Waals surface area (Å²) < 4.78 is 24.7. The maximum Gasteiger partial charge on any atom is 0.179 e. The van der Waals surface area contributed by atoms with Crippen LogP contribution in [0.4, 0.5) is 0 Å². The largest absolute Gasteiger partial charge is 0.326 e. The van der Waals surface area contributed by atoms with Crippen LogP contribution in [-0.4, -0.2) is 37.7 Å². The van der Waals surface area contributed by atoms with Crippen LogP contribution in [0.25, 0.3) is 0 Å². The third kappa shape index (κ3) is 3.40. The molecule has 1 heterocycles. The highest BCUT2D eigenvalue weighted by Crippen LogP contribution is 2.28. The SMILES string of the molecule is CC1(C)CCCN1CCS(=O)(=O)c1ccc(CN)cc1. The zero-order valence-electron chi connectivity index (χ0n) is 12.3. The van der Waals surface area contributed by atoms with Crippen molar-refractivity contribution in [3.63, 3.8) is 0 Å². The smallest absolute Gasteiger partial charge is 0.179 e. The van der Waals surface area contributed by atoms with E-state index in [0.29, 0.717) is 18.0 Å². The highest BCUT2D eigenvalue weighted by atomic mass is 32.2. The van der Waals surface area contributed by atoms with Gasteiger partial charge in [0, 0.05) is 18.6 Å². The van der Waals surface area contributed by atoms with Crippen molar-refractivity contribution in [2.45, 2.75) is 43.7 Å². The minimum Gasteiger partial charge on any atom is -0.326 e. The van der Waals surface area contributed by atoms with Gasteiger partial charge in [-0.3, -0.25) is 4.90 Å². The Morgan fingerprint density at radius 3 is 2.40 bits per heavy atom. The summed E-state index contributed by atoms with van der Waals surface area (Å²) in [7, 11) is -3.21. The van der Waals surface area contributed by atoms with E-state index in [0.717, 1.165) is 24.9 Å². The molecule has 0 spiro atoms. The second kappa shape index (κ2) is 5.84. The molecule has 0 amide bonds. The predicted molar refractivity (Wildman–Crippen MR) is 81.3 cm³/mol. The average molecular weight is 296 g/mol. The van der Waals surface area contributed by atoms with Crippen molar-refractivity contribution >= 4 is 9.84 Å². The molecular formula is C15H24N2O2S. The zero-order valence-corrected chi connectivity index (χ0v) is 13.1. The lowest BCUT2D eigenvalue weighted by atomic mass is 10.0. The Morgan fingerprint density at radius 1 is 1.25 bits per heavy atom. The monoisotopic (exact) mass is 296 g/mol. The fraction of sp³-hybridized carbons (Fsp3) is 0.600. The molecule has 2 N–H and O–H groups in total. The Balaban J connectivity index is 2.03. The van der Waals surface area contributed by atoms with E-state index in [1.807, 2.05) is 0 Å². The third-order valence-electron chi connectivity index (χ3n) is 4.22. The first-order valence-corrected chi connectivity index (χ1v) is 8.77. The summed E-state index contributed by atoms with van der Waals surface area (Å²) in [6, 6.07) is 6.89. The topological polar surface area (TPSA) is 63.4 Å². The van der Waals surface area contributed by atoms with Gasteiger partial charge in [-0.15, -0.1) is 0 Å². The second-order valence-corrected chi connectivity index (χ2v) is 8.18. The van der Waals surface area contributed by atoms with Crippen molar-refractivity contribution in [3.8, 4) is 0 Å². The summed E-state index contributed by atoms with van der Waals surface area (Å²) in [5.41, 5.74) is 6.60. The molecule has 2 rings (SSSR count). The summed E-state index contributed by atoms with van der Waals surface area (Å²) in [6.45, 7) is 6.40. The van der Waals surface area contributed by atoms with E-state index in [4.69, 9.17) is 5.73 Å². The Labute approximate surface area is 121 Å². The number of nitrogens with two attached hydrogens (primary N) is 1. The van der Waals surface area contributed by atoms with E-state index in [-0.39, 0.29) is 11.3 Å². The van der Waals surface area contributed by atoms with Gasteiger partial charge in [-0.2, -0.15) is 0 Å². The van der Waals surface area contributed by atoms with Crippen LogP contribution in [-0.2, 0) is 16.4 Å². The second-order valence-electron chi connectivity index (χ2n) is 6.07.